The molecule has 1 aromatic carbocycles. The molecular formula is C20H23ClN6O2. The normalized spacial score (nSPS) is 19.4. The molecule has 1 aliphatic rings. The Bertz CT molecular complexity index is 1030. The van der Waals surface area contributed by atoms with Crippen LogP contribution in [-0.4, -0.2) is 37.5 Å². The molecule has 8 nitrogen and oxygen atoms in total. The SMILES string of the molecule is Cc1nnc(C2CC(C)CCN2C(=O)Nc2ccc(Cl)c(-c3ccn(C)n3)c2)o1. The number of aromatic nitrogens is 4. The minimum atomic E-state index is -0.234. The molecule has 0 spiro atoms. The fraction of sp³-hybridized carbons (Fsp3) is 0.400. The lowest BCUT2D eigenvalue weighted by Gasteiger charge is -2.36. The van der Waals surface area contributed by atoms with E-state index in [9.17, 15) is 4.79 Å². The molecule has 0 bridgehead atoms. The first kappa shape index (κ1) is 19.4. The van der Waals surface area contributed by atoms with Gasteiger partial charge < -0.3 is 14.6 Å². The van der Waals surface area contributed by atoms with Gasteiger partial charge in [-0.2, -0.15) is 5.10 Å². The first-order valence-corrected chi connectivity index (χ1v) is 9.95. The van der Waals surface area contributed by atoms with Gasteiger partial charge in [0.1, 0.15) is 6.04 Å². The number of nitrogens with zero attached hydrogens (tertiary/aromatic N) is 5. The highest BCUT2D eigenvalue weighted by Crippen LogP contribution is 2.34. The van der Waals surface area contributed by atoms with E-state index in [1.807, 2.05) is 25.4 Å². The van der Waals surface area contributed by atoms with Gasteiger partial charge in [-0.3, -0.25) is 4.68 Å². The Kier molecular flexibility index (Phi) is 5.27. The summed E-state index contributed by atoms with van der Waals surface area (Å²) in [6, 6.07) is 6.83. The minimum absolute atomic E-state index is 0.202. The molecule has 0 aliphatic carbocycles. The molecule has 1 aliphatic heterocycles. The number of carbonyl (C=O) groups excluding carboxylic acids is 1. The van der Waals surface area contributed by atoms with Gasteiger partial charge in [-0.1, -0.05) is 18.5 Å². The highest BCUT2D eigenvalue weighted by Gasteiger charge is 2.34. The van der Waals surface area contributed by atoms with E-state index in [2.05, 4.69) is 27.5 Å². The van der Waals surface area contributed by atoms with Crippen LogP contribution in [0.1, 0.15) is 37.6 Å². The number of carbonyl (C=O) groups is 1. The van der Waals surface area contributed by atoms with Crippen molar-refractivity contribution >= 4 is 23.3 Å². The van der Waals surface area contributed by atoms with Crippen molar-refractivity contribution in [3.8, 4) is 11.3 Å². The zero-order chi connectivity index (χ0) is 20.5. The van der Waals surface area contributed by atoms with Crippen molar-refractivity contribution < 1.29 is 9.21 Å². The van der Waals surface area contributed by atoms with Gasteiger partial charge in [0.05, 0.1) is 10.7 Å². The fourth-order valence-electron chi connectivity index (χ4n) is 3.62. The van der Waals surface area contributed by atoms with E-state index in [-0.39, 0.29) is 12.1 Å². The average Bonchev–Trinajstić information content (AvgIpc) is 3.31. The third-order valence-corrected chi connectivity index (χ3v) is 5.49. The van der Waals surface area contributed by atoms with E-state index in [0.29, 0.717) is 35.0 Å². The lowest BCUT2D eigenvalue weighted by atomic mass is 9.92. The third kappa shape index (κ3) is 4.12. The molecule has 1 saturated heterocycles. The predicted octanol–water partition coefficient (Wildman–Crippen LogP) is 4.44. The molecule has 2 aromatic heterocycles. The zero-order valence-corrected chi connectivity index (χ0v) is 17.3. The number of hydrogen-bond acceptors (Lipinski definition) is 5. The van der Waals surface area contributed by atoms with E-state index in [0.717, 1.165) is 24.1 Å². The largest absolute Gasteiger partial charge is 0.423 e. The maximum absolute atomic E-state index is 13.1. The molecule has 0 saturated carbocycles. The predicted molar refractivity (Wildman–Crippen MR) is 110 cm³/mol. The zero-order valence-electron chi connectivity index (χ0n) is 16.6. The molecule has 2 unspecified atom stereocenters. The van der Waals surface area contributed by atoms with Gasteiger partial charge in [0.2, 0.25) is 11.8 Å². The van der Waals surface area contributed by atoms with E-state index >= 15 is 0 Å². The van der Waals surface area contributed by atoms with Crippen LogP contribution >= 0.6 is 11.6 Å². The molecule has 152 valence electrons. The molecule has 2 atom stereocenters. The Hall–Kier alpha value is -2.87. The van der Waals surface area contributed by atoms with Crippen LogP contribution < -0.4 is 5.32 Å². The van der Waals surface area contributed by atoms with Gasteiger partial charge in [0, 0.05) is 38.0 Å². The summed E-state index contributed by atoms with van der Waals surface area (Å²) in [7, 11) is 1.85. The quantitative estimate of drug-likeness (QED) is 0.684. The Balaban J connectivity index is 1.56. The lowest BCUT2D eigenvalue weighted by molar-refractivity contribution is 0.125. The number of nitrogens with one attached hydrogen (secondary N) is 1. The van der Waals surface area contributed by atoms with Crippen LogP contribution in [0.15, 0.2) is 34.9 Å². The van der Waals surface area contributed by atoms with E-state index in [1.165, 1.54) is 0 Å². The summed E-state index contributed by atoms with van der Waals surface area (Å²) in [6.07, 6.45) is 3.56. The van der Waals surface area contributed by atoms with Crippen LogP contribution in [0.5, 0.6) is 0 Å². The van der Waals surface area contributed by atoms with E-state index in [1.54, 1.807) is 28.6 Å². The maximum Gasteiger partial charge on any atom is 0.322 e. The number of rotatable bonds is 3. The summed E-state index contributed by atoms with van der Waals surface area (Å²) in [5.41, 5.74) is 2.17. The van der Waals surface area contributed by atoms with Crippen molar-refractivity contribution in [2.24, 2.45) is 13.0 Å². The van der Waals surface area contributed by atoms with Crippen LogP contribution in [0.3, 0.4) is 0 Å². The molecule has 0 radical (unpaired) electrons. The third-order valence-electron chi connectivity index (χ3n) is 5.16. The van der Waals surface area contributed by atoms with Crippen LogP contribution in [0.2, 0.25) is 5.02 Å². The number of halogens is 1. The number of likely N-dealkylation sites (tertiary alicyclic amines) is 1. The Morgan fingerprint density at radius 2 is 2.14 bits per heavy atom. The summed E-state index contributed by atoms with van der Waals surface area (Å²) < 4.78 is 7.34. The number of anilines is 1. The fourth-order valence-corrected chi connectivity index (χ4v) is 3.83. The summed E-state index contributed by atoms with van der Waals surface area (Å²) >= 11 is 6.35. The second-order valence-corrected chi connectivity index (χ2v) is 7.90. The number of urea groups is 1. The van der Waals surface area contributed by atoms with Crippen LogP contribution in [0.4, 0.5) is 10.5 Å². The van der Waals surface area contributed by atoms with Crippen LogP contribution in [-0.2, 0) is 7.05 Å². The summed E-state index contributed by atoms with van der Waals surface area (Å²) in [5.74, 6) is 1.45. The summed E-state index contributed by atoms with van der Waals surface area (Å²) in [6.45, 7) is 4.55. The standard InChI is InChI=1S/C20H23ClN6O2/c1-12-6-9-27(18(10-12)19-24-23-13(2)29-19)20(28)22-14-4-5-16(21)15(11-14)17-7-8-26(3)25-17/h4-5,7-8,11-12,18H,6,9-10H2,1-3H3,(H,22,28). The number of benzene rings is 1. The van der Waals surface area contributed by atoms with Gasteiger partial charge in [0.25, 0.3) is 0 Å². The number of amides is 2. The van der Waals surface area contributed by atoms with E-state index in [4.69, 9.17) is 16.0 Å². The van der Waals surface area contributed by atoms with E-state index < -0.39 is 0 Å². The molecule has 3 aromatic rings. The monoisotopic (exact) mass is 414 g/mol. The highest BCUT2D eigenvalue weighted by atomic mass is 35.5. The molecule has 9 heteroatoms. The van der Waals surface area contributed by atoms with Crippen molar-refractivity contribution in [3.05, 3.63) is 47.3 Å². The molecule has 29 heavy (non-hydrogen) atoms. The van der Waals surface area contributed by atoms with Gasteiger partial charge in [-0.25, -0.2) is 4.79 Å². The minimum Gasteiger partial charge on any atom is -0.423 e. The number of hydrogen-bond donors (Lipinski definition) is 1. The average molecular weight is 415 g/mol. The molecule has 4 rings (SSSR count). The molecule has 2 amide bonds. The number of aryl methyl sites for hydroxylation is 2. The van der Waals surface area contributed by atoms with Crippen LogP contribution in [0.25, 0.3) is 11.3 Å². The van der Waals surface area contributed by atoms with Gasteiger partial charge >= 0.3 is 6.03 Å². The van der Waals surface area contributed by atoms with Crippen molar-refractivity contribution in [1.29, 1.82) is 0 Å². The lowest BCUT2D eigenvalue weighted by Crippen LogP contribution is -2.43. The van der Waals surface area contributed by atoms with Gasteiger partial charge in [0.15, 0.2) is 0 Å². The number of piperidine rings is 1. The van der Waals surface area contributed by atoms with Crippen molar-refractivity contribution in [3.63, 3.8) is 0 Å². The van der Waals surface area contributed by atoms with Gasteiger partial charge in [-0.05, 0) is 43.0 Å². The Morgan fingerprint density at radius 1 is 1.31 bits per heavy atom. The van der Waals surface area contributed by atoms with Crippen molar-refractivity contribution in [2.45, 2.75) is 32.7 Å². The first-order chi connectivity index (χ1) is 13.9. The van der Waals surface area contributed by atoms with Crippen LogP contribution in [0, 0.1) is 12.8 Å². The highest BCUT2D eigenvalue weighted by molar-refractivity contribution is 6.33. The molecular weight excluding hydrogens is 392 g/mol. The Labute approximate surface area is 173 Å². The molecule has 3 heterocycles. The topological polar surface area (TPSA) is 89.1 Å². The molecule has 1 N–H and O–H groups in total. The second-order valence-electron chi connectivity index (χ2n) is 7.50. The Morgan fingerprint density at radius 3 is 2.83 bits per heavy atom. The van der Waals surface area contributed by atoms with Crippen molar-refractivity contribution in [2.75, 3.05) is 11.9 Å². The molecule has 1 fully saturated rings. The van der Waals surface area contributed by atoms with Gasteiger partial charge in [-0.15, -0.1) is 10.2 Å². The summed E-state index contributed by atoms with van der Waals surface area (Å²) in [4.78, 5) is 14.8. The first-order valence-electron chi connectivity index (χ1n) is 9.58. The smallest absolute Gasteiger partial charge is 0.322 e. The summed E-state index contributed by atoms with van der Waals surface area (Å²) in [5, 5.41) is 16.0. The second kappa shape index (κ2) is 7.87. The maximum atomic E-state index is 13.1. The van der Waals surface area contributed by atoms with Crippen molar-refractivity contribution in [1.82, 2.24) is 24.9 Å².